The Kier molecular flexibility index (Phi) is 2.86. The first-order valence-electron chi connectivity index (χ1n) is 5.46. The lowest BCUT2D eigenvalue weighted by molar-refractivity contribution is 0.379. The van der Waals surface area contributed by atoms with Gasteiger partial charge in [0.25, 0.3) is 0 Å². The van der Waals surface area contributed by atoms with E-state index in [9.17, 15) is 0 Å². The van der Waals surface area contributed by atoms with Crippen LogP contribution in [0.25, 0.3) is 0 Å². The predicted octanol–water partition coefficient (Wildman–Crippen LogP) is 0.959. The number of hydrogen-bond donors (Lipinski definition) is 1. The molecule has 1 fully saturated rings. The van der Waals surface area contributed by atoms with Crippen molar-refractivity contribution in [2.24, 2.45) is 11.7 Å². The summed E-state index contributed by atoms with van der Waals surface area (Å²) in [7, 11) is 0. The molecule has 4 heteroatoms. The average Bonchev–Trinajstić information content (AvgIpc) is 2.23. The zero-order chi connectivity index (χ0) is 10.8. The number of nitrogens with two attached hydrogens (primary N) is 1. The first-order valence-corrected chi connectivity index (χ1v) is 5.46. The van der Waals surface area contributed by atoms with E-state index in [0.29, 0.717) is 12.0 Å². The maximum Gasteiger partial charge on any atom is 0.225 e. The van der Waals surface area contributed by atoms with Crippen molar-refractivity contribution in [1.29, 1.82) is 0 Å². The third kappa shape index (κ3) is 2.26. The molecular formula is C11H18N4. The van der Waals surface area contributed by atoms with Crippen molar-refractivity contribution in [3.63, 3.8) is 0 Å². The SMILES string of the molecule is Cc1cnc(N2CCC(N)C(C)C2)nc1. The molecule has 0 bridgehead atoms. The highest BCUT2D eigenvalue weighted by molar-refractivity contribution is 5.30. The second-order valence-corrected chi connectivity index (χ2v) is 4.44. The van der Waals surface area contributed by atoms with Gasteiger partial charge in [0.1, 0.15) is 0 Å². The van der Waals surface area contributed by atoms with Gasteiger partial charge in [0.05, 0.1) is 0 Å². The first-order chi connectivity index (χ1) is 7.16. The van der Waals surface area contributed by atoms with E-state index in [0.717, 1.165) is 31.0 Å². The Morgan fingerprint density at radius 1 is 1.40 bits per heavy atom. The van der Waals surface area contributed by atoms with Crippen molar-refractivity contribution in [2.45, 2.75) is 26.3 Å². The third-order valence-corrected chi connectivity index (χ3v) is 3.02. The highest BCUT2D eigenvalue weighted by atomic mass is 15.3. The van der Waals surface area contributed by atoms with Crippen LogP contribution < -0.4 is 10.6 Å². The summed E-state index contributed by atoms with van der Waals surface area (Å²) in [6.07, 6.45) is 4.75. The molecule has 2 N–H and O–H groups in total. The van der Waals surface area contributed by atoms with Crippen LogP contribution in [0.5, 0.6) is 0 Å². The summed E-state index contributed by atoms with van der Waals surface area (Å²) in [5.74, 6) is 1.35. The fourth-order valence-electron chi connectivity index (χ4n) is 1.89. The Morgan fingerprint density at radius 2 is 2.07 bits per heavy atom. The molecule has 0 radical (unpaired) electrons. The average molecular weight is 206 g/mol. The van der Waals surface area contributed by atoms with Crippen molar-refractivity contribution in [3.05, 3.63) is 18.0 Å². The first kappa shape index (κ1) is 10.4. The number of nitrogens with zero attached hydrogens (tertiary/aromatic N) is 3. The van der Waals surface area contributed by atoms with Crippen LogP contribution >= 0.6 is 0 Å². The van der Waals surface area contributed by atoms with Gasteiger partial charge in [-0.1, -0.05) is 6.92 Å². The van der Waals surface area contributed by atoms with Crippen LogP contribution in [-0.2, 0) is 0 Å². The highest BCUT2D eigenvalue weighted by Crippen LogP contribution is 2.18. The topological polar surface area (TPSA) is 55.0 Å². The molecule has 4 nitrogen and oxygen atoms in total. The van der Waals surface area contributed by atoms with Crippen molar-refractivity contribution in [2.75, 3.05) is 18.0 Å². The lowest BCUT2D eigenvalue weighted by Crippen LogP contribution is -2.46. The molecule has 0 amide bonds. The molecule has 1 aromatic heterocycles. The van der Waals surface area contributed by atoms with E-state index in [1.54, 1.807) is 0 Å². The van der Waals surface area contributed by atoms with Gasteiger partial charge in [-0.05, 0) is 24.8 Å². The molecule has 2 atom stereocenters. The summed E-state index contributed by atoms with van der Waals surface area (Å²) >= 11 is 0. The number of aryl methyl sites for hydroxylation is 1. The van der Waals surface area contributed by atoms with E-state index >= 15 is 0 Å². The van der Waals surface area contributed by atoms with Crippen molar-refractivity contribution < 1.29 is 0 Å². The van der Waals surface area contributed by atoms with Crippen molar-refractivity contribution in [3.8, 4) is 0 Å². The van der Waals surface area contributed by atoms with Gasteiger partial charge >= 0.3 is 0 Å². The number of rotatable bonds is 1. The summed E-state index contributed by atoms with van der Waals surface area (Å²) < 4.78 is 0. The minimum atomic E-state index is 0.326. The van der Waals surface area contributed by atoms with Gasteiger partial charge in [-0.3, -0.25) is 0 Å². The Hall–Kier alpha value is -1.16. The third-order valence-electron chi connectivity index (χ3n) is 3.02. The number of hydrogen-bond acceptors (Lipinski definition) is 4. The molecule has 0 saturated carbocycles. The molecule has 2 unspecified atom stereocenters. The van der Waals surface area contributed by atoms with Crippen LogP contribution in [0.2, 0.25) is 0 Å². The molecule has 1 saturated heterocycles. The van der Waals surface area contributed by atoms with Gasteiger partial charge in [-0.15, -0.1) is 0 Å². The fourth-order valence-corrected chi connectivity index (χ4v) is 1.89. The van der Waals surface area contributed by atoms with Gasteiger partial charge in [0, 0.05) is 31.5 Å². The quantitative estimate of drug-likeness (QED) is 0.743. The monoisotopic (exact) mass is 206 g/mol. The van der Waals surface area contributed by atoms with E-state index in [2.05, 4.69) is 21.8 Å². The summed E-state index contributed by atoms with van der Waals surface area (Å²) in [6, 6.07) is 0.326. The zero-order valence-electron chi connectivity index (χ0n) is 9.35. The van der Waals surface area contributed by atoms with Gasteiger partial charge in [-0.25, -0.2) is 9.97 Å². The molecule has 1 aromatic rings. The summed E-state index contributed by atoms with van der Waals surface area (Å²) in [6.45, 7) is 6.11. The number of piperidine rings is 1. The Bertz CT molecular complexity index is 322. The Morgan fingerprint density at radius 3 is 2.67 bits per heavy atom. The minimum absolute atomic E-state index is 0.326. The zero-order valence-corrected chi connectivity index (χ0v) is 9.35. The van der Waals surface area contributed by atoms with E-state index in [-0.39, 0.29) is 0 Å². The van der Waals surface area contributed by atoms with Crippen LogP contribution in [0.15, 0.2) is 12.4 Å². The fraction of sp³-hybridized carbons (Fsp3) is 0.636. The smallest absolute Gasteiger partial charge is 0.225 e. The van der Waals surface area contributed by atoms with E-state index in [4.69, 9.17) is 5.73 Å². The van der Waals surface area contributed by atoms with Crippen LogP contribution in [0.4, 0.5) is 5.95 Å². The highest BCUT2D eigenvalue weighted by Gasteiger charge is 2.24. The molecule has 2 rings (SSSR count). The van der Waals surface area contributed by atoms with Crippen LogP contribution in [-0.4, -0.2) is 29.1 Å². The Labute approximate surface area is 90.5 Å². The van der Waals surface area contributed by atoms with Gasteiger partial charge in [0.15, 0.2) is 0 Å². The maximum absolute atomic E-state index is 5.98. The molecule has 82 valence electrons. The second-order valence-electron chi connectivity index (χ2n) is 4.44. The molecule has 15 heavy (non-hydrogen) atoms. The van der Waals surface area contributed by atoms with Crippen LogP contribution in [0.1, 0.15) is 18.9 Å². The molecule has 0 aromatic carbocycles. The molecule has 0 aliphatic carbocycles. The summed E-state index contributed by atoms with van der Waals surface area (Å²) in [5, 5.41) is 0. The summed E-state index contributed by atoms with van der Waals surface area (Å²) in [5.41, 5.74) is 7.07. The molecule has 0 spiro atoms. The van der Waals surface area contributed by atoms with Gasteiger partial charge in [0.2, 0.25) is 5.95 Å². The standard InChI is InChI=1S/C11H18N4/c1-8-5-13-11(14-6-8)15-4-3-10(12)9(2)7-15/h5-6,9-10H,3-4,7,12H2,1-2H3. The second kappa shape index (κ2) is 4.14. The van der Waals surface area contributed by atoms with E-state index < -0.39 is 0 Å². The lowest BCUT2D eigenvalue weighted by atomic mass is 9.95. The molecule has 2 heterocycles. The number of anilines is 1. The van der Waals surface area contributed by atoms with Crippen LogP contribution in [0.3, 0.4) is 0 Å². The van der Waals surface area contributed by atoms with E-state index in [1.165, 1.54) is 0 Å². The summed E-state index contributed by atoms with van der Waals surface area (Å²) in [4.78, 5) is 10.9. The van der Waals surface area contributed by atoms with Crippen LogP contribution in [0, 0.1) is 12.8 Å². The molecular weight excluding hydrogens is 188 g/mol. The van der Waals surface area contributed by atoms with Gasteiger partial charge in [-0.2, -0.15) is 0 Å². The van der Waals surface area contributed by atoms with Crippen molar-refractivity contribution in [1.82, 2.24) is 9.97 Å². The number of aromatic nitrogens is 2. The molecule has 1 aliphatic heterocycles. The molecule has 1 aliphatic rings. The van der Waals surface area contributed by atoms with Crippen molar-refractivity contribution >= 4 is 5.95 Å². The van der Waals surface area contributed by atoms with Gasteiger partial charge < -0.3 is 10.6 Å². The lowest BCUT2D eigenvalue weighted by Gasteiger charge is -2.34. The minimum Gasteiger partial charge on any atom is -0.340 e. The Balaban J connectivity index is 2.08. The maximum atomic E-state index is 5.98. The largest absolute Gasteiger partial charge is 0.340 e. The predicted molar refractivity (Wildman–Crippen MR) is 60.7 cm³/mol. The van der Waals surface area contributed by atoms with E-state index in [1.807, 2.05) is 19.3 Å². The normalized spacial score (nSPS) is 26.7.